The van der Waals surface area contributed by atoms with Gasteiger partial charge in [0.05, 0.1) is 0 Å². The molecule has 5 atom stereocenters. The van der Waals surface area contributed by atoms with Gasteiger partial charge in [0.15, 0.2) is 5.13 Å². The molecule has 0 radical (unpaired) electrons. The molecule has 0 saturated heterocycles. The van der Waals surface area contributed by atoms with Crippen LogP contribution >= 0.6 is 11.3 Å². The number of esters is 1. The summed E-state index contributed by atoms with van der Waals surface area (Å²) in [6, 6.07) is 6.17. The highest BCUT2D eigenvalue weighted by molar-refractivity contribution is 7.15. The topological polar surface area (TPSA) is 85.4 Å². The Morgan fingerprint density at radius 1 is 1.24 bits per heavy atom. The highest BCUT2D eigenvalue weighted by atomic mass is 32.1. The van der Waals surface area contributed by atoms with Crippen molar-refractivity contribution >= 4 is 34.1 Å². The molecular formula is C30H38N2O4S. The van der Waals surface area contributed by atoms with Crippen LogP contribution in [-0.2, 0) is 20.8 Å². The van der Waals surface area contributed by atoms with Crippen molar-refractivity contribution in [2.75, 3.05) is 5.32 Å². The van der Waals surface area contributed by atoms with E-state index in [2.05, 4.69) is 36.3 Å². The number of aryl methyl sites for hydroxylation is 2. The lowest BCUT2D eigenvalue weighted by atomic mass is 9.54. The number of Topliss-reactive ketones (excluding diaryl/α,β-unsaturated/α-hetero) is 1. The van der Waals surface area contributed by atoms with E-state index in [-0.39, 0.29) is 23.2 Å². The summed E-state index contributed by atoms with van der Waals surface area (Å²) in [4.78, 5) is 43.3. The van der Waals surface area contributed by atoms with Gasteiger partial charge in [-0.25, -0.2) is 4.98 Å². The number of thiazole rings is 1. The summed E-state index contributed by atoms with van der Waals surface area (Å²) < 4.78 is 5.61. The SMILES string of the molecule is CCCCC(=O)Oc1ccc2c(c1)CCC1C2CC[C@]2(C)C(=O)C[C@@H](CCC(=O)Nc3ncc(C)s3)C12. The first kappa shape index (κ1) is 26.1. The summed E-state index contributed by atoms with van der Waals surface area (Å²) in [5.41, 5.74) is 2.37. The van der Waals surface area contributed by atoms with Crippen LogP contribution in [0.5, 0.6) is 5.75 Å². The smallest absolute Gasteiger partial charge is 0.311 e. The van der Waals surface area contributed by atoms with Crippen molar-refractivity contribution in [2.24, 2.45) is 23.2 Å². The van der Waals surface area contributed by atoms with Crippen molar-refractivity contribution < 1.29 is 19.1 Å². The van der Waals surface area contributed by atoms with Gasteiger partial charge < -0.3 is 10.1 Å². The number of hydrogen-bond donors (Lipinski definition) is 1. The van der Waals surface area contributed by atoms with Crippen LogP contribution in [0.25, 0.3) is 0 Å². The molecule has 3 aliphatic carbocycles. The molecule has 6 nitrogen and oxygen atoms in total. The average Bonchev–Trinajstić information content (AvgIpc) is 3.40. The maximum Gasteiger partial charge on any atom is 0.311 e. The van der Waals surface area contributed by atoms with Crippen LogP contribution in [0.15, 0.2) is 24.4 Å². The van der Waals surface area contributed by atoms with Crippen molar-refractivity contribution in [2.45, 2.75) is 90.9 Å². The standard InChI is InChI=1S/C30H38N2O4S/c1-4-5-6-27(35)36-21-9-11-22-19(15-21)7-10-24-23(22)13-14-30(3)25(33)16-20(28(24)30)8-12-26(34)32-29-31-17-18(2)37-29/h9,11,15,17,20,23-24,28H,4-8,10,12-14,16H2,1-3H3,(H,31,32,34)/t20-,23?,24?,28?,30-/m1/s1. The Labute approximate surface area is 223 Å². The third kappa shape index (κ3) is 5.25. The van der Waals surface area contributed by atoms with Crippen molar-refractivity contribution in [3.63, 3.8) is 0 Å². The van der Waals surface area contributed by atoms with Gasteiger partial charge in [-0.05, 0) is 92.4 Å². The van der Waals surface area contributed by atoms with Crippen LogP contribution in [0.3, 0.4) is 0 Å². The number of ether oxygens (including phenoxy) is 1. The summed E-state index contributed by atoms with van der Waals surface area (Å²) in [5.74, 6) is 2.29. The Balaban J connectivity index is 1.28. The van der Waals surface area contributed by atoms with Crippen LogP contribution in [0, 0.1) is 30.1 Å². The number of nitrogens with zero attached hydrogens (tertiary/aromatic N) is 1. The molecule has 198 valence electrons. The zero-order valence-corrected chi connectivity index (χ0v) is 23.0. The summed E-state index contributed by atoms with van der Waals surface area (Å²) in [5, 5.41) is 3.57. The lowest BCUT2D eigenvalue weighted by Gasteiger charge is -2.50. The molecule has 2 fully saturated rings. The maximum absolute atomic E-state index is 13.3. The van der Waals surface area contributed by atoms with Crippen LogP contribution in [-0.4, -0.2) is 22.6 Å². The second kappa shape index (κ2) is 10.7. The van der Waals surface area contributed by atoms with Crippen molar-refractivity contribution in [3.8, 4) is 5.75 Å². The van der Waals surface area contributed by atoms with Gasteiger partial charge in [0.25, 0.3) is 0 Å². The van der Waals surface area contributed by atoms with Gasteiger partial charge in [-0.1, -0.05) is 26.3 Å². The Kier molecular flexibility index (Phi) is 7.53. The molecule has 37 heavy (non-hydrogen) atoms. The van der Waals surface area contributed by atoms with Gasteiger partial charge in [-0.2, -0.15) is 0 Å². The van der Waals surface area contributed by atoms with Crippen molar-refractivity contribution in [1.29, 1.82) is 0 Å². The molecule has 5 rings (SSSR count). The fourth-order valence-corrected chi connectivity index (χ4v) is 8.04. The largest absolute Gasteiger partial charge is 0.427 e. The number of fused-ring (bicyclic) bond motifs is 5. The second-order valence-corrected chi connectivity index (χ2v) is 12.7. The van der Waals surface area contributed by atoms with Gasteiger partial charge in [-0.15, -0.1) is 11.3 Å². The number of unbranched alkanes of at least 4 members (excludes halogenated alkanes) is 1. The number of benzene rings is 1. The Morgan fingerprint density at radius 2 is 2.08 bits per heavy atom. The predicted molar refractivity (Wildman–Crippen MR) is 145 cm³/mol. The molecule has 1 heterocycles. The first-order chi connectivity index (χ1) is 17.8. The van der Waals surface area contributed by atoms with Gasteiger partial charge in [0, 0.05) is 35.8 Å². The fourth-order valence-electron chi connectivity index (χ4n) is 7.36. The number of rotatable bonds is 8. The van der Waals surface area contributed by atoms with E-state index < -0.39 is 0 Å². The van der Waals surface area contributed by atoms with Crippen molar-refractivity contribution in [3.05, 3.63) is 40.4 Å². The molecular weight excluding hydrogens is 484 g/mol. The number of amides is 1. The van der Waals surface area contributed by atoms with Crippen LogP contribution in [0.4, 0.5) is 5.13 Å². The minimum atomic E-state index is -0.277. The van der Waals surface area contributed by atoms with Crippen LogP contribution < -0.4 is 10.1 Å². The van der Waals surface area contributed by atoms with E-state index in [9.17, 15) is 14.4 Å². The minimum Gasteiger partial charge on any atom is -0.427 e. The highest BCUT2D eigenvalue weighted by Crippen LogP contribution is 2.62. The molecule has 2 aromatic rings. The number of carbonyl (C=O) groups is 3. The summed E-state index contributed by atoms with van der Waals surface area (Å²) in [7, 11) is 0. The van der Waals surface area contributed by atoms with Gasteiger partial charge in [0.2, 0.25) is 5.91 Å². The number of carbonyl (C=O) groups excluding carboxylic acids is 3. The predicted octanol–water partition coefficient (Wildman–Crippen LogP) is 6.62. The summed E-state index contributed by atoms with van der Waals surface area (Å²) in [6.07, 6.45) is 9.70. The minimum absolute atomic E-state index is 0.0160. The number of ketones is 1. The van der Waals surface area contributed by atoms with E-state index in [1.54, 1.807) is 6.20 Å². The lowest BCUT2D eigenvalue weighted by molar-refractivity contribution is -0.134. The van der Waals surface area contributed by atoms with Crippen molar-refractivity contribution in [1.82, 2.24) is 4.98 Å². The first-order valence-electron chi connectivity index (χ1n) is 13.9. The number of aromatic nitrogens is 1. The molecule has 3 aliphatic rings. The molecule has 1 N–H and O–H groups in total. The van der Waals surface area contributed by atoms with Gasteiger partial charge in [-0.3, -0.25) is 14.4 Å². The molecule has 0 spiro atoms. The third-order valence-electron chi connectivity index (χ3n) is 9.12. The molecule has 0 bridgehead atoms. The fraction of sp³-hybridized carbons (Fsp3) is 0.600. The molecule has 1 aromatic heterocycles. The second-order valence-electron chi connectivity index (χ2n) is 11.5. The zero-order chi connectivity index (χ0) is 26.2. The first-order valence-corrected chi connectivity index (χ1v) is 14.7. The lowest BCUT2D eigenvalue weighted by Crippen LogP contribution is -2.44. The average molecular weight is 523 g/mol. The van der Waals surface area contributed by atoms with E-state index >= 15 is 0 Å². The quantitative estimate of drug-likeness (QED) is 0.311. The third-order valence-corrected chi connectivity index (χ3v) is 9.95. The monoisotopic (exact) mass is 522 g/mol. The van der Waals surface area contributed by atoms with Crippen LogP contribution in [0.1, 0.15) is 93.6 Å². The molecule has 3 unspecified atom stereocenters. The molecule has 1 amide bonds. The highest BCUT2D eigenvalue weighted by Gasteiger charge is 2.58. The molecule has 2 saturated carbocycles. The van der Waals surface area contributed by atoms with E-state index in [4.69, 9.17) is 4.74 Å². The Hall–Kier alpha value is -2.54. The maximum atomic E-state index is 13.3. The van der Waals surface area contributed by atoms with E-state index in [1.807, 2.05) is 13.0 Å². The van der Waals surface area contributed by atoms with Crippen LogP contribution in [0.2, 0.25) is 0 Å². The zero-order valence-electron chi connectivity index (χ0n) is 22.2. The normalized spacial score (nSPS) is 28.2. The Morgan fingerprint density at radius 3 is 2.84 bits per heavy atom. The van der Waals surface area contributed by atoms with E-state index in [0.717, 1.165) is 49.8 Å². The molecule has 7 heteroatoms. The summed E-state index contributed by atoms with van der Waals surface area (Å²) in [6.45, 7) is 6.22. The summed E-state index contributed by atoms with van der Waals surface area (Å²) >= 11 is 1.48. The molecule has 0 aliphatic heterocycles. The van der Waals surface area contributed by atoms with Gasteiger partial charge >= 0.3 is 5.97 Å². The van der Waals surface area contributed by atoms with Gasteiger partial charge in [0.1, 0.15) is 11.5 Å². The number of nitrogens with one attached hydrogen (secondary N) is 1. The van der Waals surface area contributed by atoms with E-state index in [0.29, 0.717) is 53.7 Å². The molecule has 1 aromatic carbocycles. The number of anilines is 1. The van der Waals surface area contributed by atoms with E-state index in [1.165, 1.54) is 22.5 Å². The number of hydrogen-bond acceptors (Lipinski definition) is 6. The Bertz CT molecular complexity index is 1190.